The number of carbonyl (C=O) groups excluding carboxylic acids is 2. The third-order valence-corrected chi connectivity index (χ3v) is 7.52. The van der Waals surface area contributed by atoms with Crippen LogP contribution in [0, 0.1) is 5.92 Å². The van der Waals surface area contributed by atoms with Gasteiger partial charge >= 0.3 is 5.97 Å². The van der Waals surface area contributed by atoms with Crippen LogP contribution in [0.15, 0.2) is 78.9 Å². The summed E-state index contributed by atoms with van der Waals surface area (Å²) in [6.07, 6.45) is 1.07. The fourth-order valence-corrected chi connectivity index (χ4v) is 5.89. The van der Waals surface area contributed by atoms with Crippen molar-refractivity contribution in [3.63, 3.8) is 0 Å². The van der Waals surface area contributed by atoms with Crippen molar-refractivity contribution in [3.8, 4) is 5.75 Å². The maximum Gasteiger partial charge on any atom is 0.307 e. The summed E-state index contributed by atoms with van der Waals surface area (Å²) in [5.41, 5.74) is 2.96. The Bertz CT molecular complexity index is 1340. The van der Waals surface area contributed by atoms with Crippen molar-refractivity contribution < 1.29 is 23.8 Å². The zero-order valence-corrected chi connectivity index (χ0v) is 24.1. The quantitative estimate of drug-likeness (QED) is 0.308. The summed E-state index contributed by atoms with van der Waals surface area (Å²) < 4.78 is 18.0. The highest BCUT2D eigenvalue weighted by molar-refractivity contribution is 5.85. The minimum absolute atomic E-state index is 0.00598. The standard InChI is InChI=1S/C34H39NO5/c1-33(2,3)40-30(36)21-26(19-23-15-17-27(18-16-23)38-22-24-11-7-6-8-12-24)32(37)35-31-28-14-10-9-13-25(28)20-29(31)39-34(35,4)5/h6-18,26,29,31H,19-22H2,1-5H3/t26-,29-,31+/m1/s1. The smallest absolute Gasteiger partial charge is 0.307 e. The van der Waals surface area contributed by atoms with Crippen LogP contribution >= 0.6 is 0 Å². The van der Waals surface area contributed by atoms with Crippen molar-refractivity contribution in [2.24, 2.45) is 5.92 Å². The Kier molecular flexibility index (Phi) is 7.74. The Labute approximate surface area is 237 Å². The summed E-state index contributed by atoms with van der Waals surface area (Å²) in [4.78, 5) is 29.2. The van der Waals surface area contributed by atoms with E-state index in [4.69, 9.17) is 14.2 Å². The van der Waals surface area contributed by atoms with Gasteiger partial charge in [-0.1, -0.05) is 66.7 Å². The molecule has 0 spiro atoms. The van der Waals surface area contributed by atoms with E-state index in [-0.39, 0.29) is 30.4 Å². The van der Waals surface area contributed by atoms with Crippen molar-refractivity contribution in [1.29, 1.82) is 0 Å². The molecule has 1 amide bonds. The molecule has 5 rings (SSSR count). The zero-order chi connectivity index (χ0) is 28.5. The van der Waals surface area contributed by atoms with E-state index in [0.717, 1.165) is 28.9 Å². The summed E-state index contributed by atoms with van der Waals surface area (Å²) in [5, 5.41) is 0. The lowest BCUT2D eigenvalue weighted by atomic mass is 9.92. The number of carbonyl (C=O) groups is 2. The van der Waals surface area contributed by atoms with Gasteiger partial charge in [-0.05, 0) is 75.4 Å². The first-order valence-electron chi connectivity index (χ1n) is 14.1. The highest BCUT2D eigenvalue weighted by atomic mass is 16.6. The molecule has 0 N–H and O–H groups in total. The van der Waals surface area contributed by atoms with Gasteiger partial charge in [0.15, 0.2) is 0 Å². The van der Waals surface area contributed by atoms with Crippen LogP contribution in [0.4, 0.5) is 0 Å². The Morgan fingerprint density at radius 1 is 0.950 bits per heavy atom. The molecule has 1 saturated heterocycles. The van der Waals surface area contributed by atoms with Crippen LogP contribution < -0.4 is 4.74 Å². The number of fused-ring (bicyclic) bond motifs is 3. The molecule has 0 radical (unpaired) electrons. The molecular formula is C34H39NO5. The first-order chi connectivity index (χ1) is 19.0. The molecule has 1 aliphatic heterocycles. The van der Waals surface area contributed by atoms with Crippen molar-refractivity contribution >= 4 is 11.9 Å². The lowest BCUT2D eigenvalue weighted by Gasteiger charge is -2.36. The lowest BCUT2D eigenvalue weighted by Crippen LogP contribution is -2.48. The third-order valence-electron chi connectivity index (χ3n) is 7.52. The molecule has 0 aromatic heterocycles. The predicted molar refractivity (Wildman–Crippen MR) is 154 cm³/mol. The van der Waals surface area contributed by atoms with Crippen LogP contribution in [0.3, 0.4) is 0 Å². The van der Waals surface area contributed by atoms with E-state index in [0.29, 0.717) is 13.0 Å². The maximum atomic E-state index is 14.4. The summed E-state index contributed by atoms with van der Waals surface area (Å²) in [5.74, 6) is -0.318. The summed E-state index contributed by atoms with van der Waals surface area (Å²) >= 11 is 0. The van der Waals surface area contributed by atoms with Crippen molar-refractivity contribution in [2.45, 2.75) is 84.0 Å². The van der Waals surface area contributed by atoms with Crippen molar-refractivity contribution in [1.82, 2.24) is 4.90 Å². The highest BCUT2D eigenvalue weighted by Crippen LogP contribution is 2.49. The van der Waals surface area contributed by atoms with E-state index in [1.54, 1.807) is 0 Å². The second kappa shape index (κ2) is 11.1. The van der Waals surface area contributed by atoms with E-state index in [2.05, 4.69) is 12.1 Å². The number of rotatable bonds is 8. The fraction of sp³-hybridized carbons (Fsp3) is 0.412. The monoisotopic (exact) mass is 541 g/mol. The first-order valence-corrected chi connectivity index (χ1v) is 14.1. The molecule has 6 nitrogen and oxygen atoms in total. The molecule has 2 aliphatic rings. The van der Waals surface area contributed by atoms with E-state index < -0.39 is 17.2 Å². The van der Waals surface area contributed by atoms with Gasteiger partial charge < -0.3 is 19.1 Å². The number of hydrogen-bond acceptors (Lipinski definition) is 5. The van der Waals surface area contributed by atoms with Gasteiger partial charge in [0.1, 0.15) is 23.7 Å². The molecule has 210 valence electrons. The maximum absolute atomic E-state index is 14.4. The van der Waals surface area contributed by atoms with Crippen molar-refractivity contribution in [3.05, 3.63) is 101 Å². The molecule has 1 aliphatic carbocycles. The molecule has 1 heterocycles. The number of benzene rings is 3. The topological polar surface area (TPSA) is 65.1 Å². The largest absolute Gasteiger partial charge is 0.489 e. The lowest BCUT2D eigenvalue weighted by molar-refractivity contribution is -0.162. The van der Waals surface area contributed by atoms with Crippen LogP contribution in [0.25, 0.3) is 0 Å². The van der Waals surface area contributed by atoms with Gasteiger partial charge in [-0.15, -0.1) is 0 Å². The molecular weight excluding hydrogens is 502 g/mol. The normalized spacial score (nSPS) is 20.0. The number of nitrogens with zero attached hydrogens (tertiary/aromatic N) is 1. The molecule has 0 bridgehead atoms. The van der Waals surface area contributed by atoms with Crippen LogP contribution in [0.2, 0.25) is 0 Å². The molecule has 0 unspecified atom stereocenters. The summed E-state index contributed by atoms with van der Waals surface area (Å²) in [6.45, 7) is 9.88. The Morgan fingerprint density at radius 3 is 2.33 bits per heavy atom. The Hall–Kier alpha value is -3.64. The average molecular weight is 542 g/mol. The average Bonchev–Trinajstić information content (AvgIpc) is 3.37. The molecule has 0 saturated carbocycles. The van der Waals surface area contributed by atoms with Crippen LogP contribution in [-0.4, -0.2) is 34.2 Å². The number of amides is 1. The second-order valence-electron chi connectivity index (χ2n) is 12.3. The number of ether oxygens (including phenoxy) is 3. The highest BCUT2D eigenvalue weighted by Gasteiger charge is 2.54. The van der Waals surface area contributed by atoms with E-state index in [9.17, 15) is 9.59 Å². The molecule has 3 aromatic carbocycles. The zero-order valence-electron chi connectivity index (χ0n) is 24.1. The van der Waals surface area contributed by atoms with E-state index in [1.807, 2.05) is 106 Å². The van der Waals surface area contributed by atoms with Gasteiger partial charge in [-0.25, -0.2) is 0 Å². The Balaban J connectivity index is 1.37. The minimum atomic E-state index is -0.790. The van der Waals surface area contributed by atoms with Gasteiger partial charge in [-0.3, -0.25) is 9.59 Å². The van der Waals surface area contributed by atoms with Crippen LogP contribution in [-0.2, 0) is 38.5 Å². The van der Waals surface area contributed by atoms with Crippen molar-refractivity contribution in [2.75, 3.05) is 0 Å². The van der Waals surface area contributed by atoms with E-state index >= 15 is 0 Å². The summed E-state index contributed by atoms with van der Waals surface area (Å²) in [6, 6.07) is 25.8. The minimum Gasteiger partial charge on any atom is -0.489 e. The van der Waals surface area contributed by atoms with Gasteiger partial charge in [0.05, 0.1) is 24.5 Å². The van der Waals surface area contributed by atoms with E-state index in [1.165, 1.54) is 5.56 Å². The Morgan fingerprint density at radius 2 is 1.62 bits per heavy atom. The molecule has 6 heteroatoms. The molecule has 3 aromatic rings. The van der Waals surface area contributed by atoms with Gasteiger partial charge in [0.25, 0.3) is 0 Å². The summed E-state index contributed by atoms with van der Waals surface area (Å²) in [7, 11) is 0. The van der Waals surface area contributed by atoms with Gasteiger partial charge in [0.2, 0.25) is 5.91 Å². The van der Waals surface area contributed by atoms with Gasteiger partial charge in [0, 0.05) is 6.42 Å². The fourth-order valence-electron chi connectivity index (χ4n) is 5.89. The second-order valence-corrected chi connectivity index (χ2v) is 12.3. The third kappa shape index (κ3) is 6.23. The molecule has 1 fully saturated rings. The first kappa shape index (κ1) is 27.9. The van der Waals surface area contributed by atoms with Crippen LogP contribution in [0.5, 0.6) is 5.75 Å². The molecule has 3 atom stereocenters. The predicted octanol–water partition coefficient (Wildman–Crippen LogP) is 6.42. The number of hydrogen-bond donors (Lipinski definition) is 0. The SMILES string of the molecule is CC(C)(C)OC(=O)C[C@@H](Cc1ccc(OCc2ccccc2)cc1)C(=O)N1[C@H]2c3ccccc3C[C@H]2OC1(C)C. The molecule has 40 heavy (non-hydrogen) atoms. The van der Waals surface area contributed by atoms with Gasteiger partial charge in [-0.2, -0.15) is 0 Å². The number of esters is 1. The van der Waals surface area contributed by atoms with Crippen LogP contribution in [0.1, 0.15) is 69.3 Å².